The molecule has 1 spiro atoms. The van der Waals surface area contributed by atoms with Gasteiger partial charge in [-0.05, 0) is 90.1 Å². The largest absolute Gasteiger partial charge is 0.490 e. The van der Waals surface area contributed by atoms with Crippen LogP contribution in [0.5, 0.6) is 23.0 Å². The lowest BCUT2D eigenvalue weighted by molar-refractivity contribution is -0.145. The predicted octanol–water partition coefficient (Wildman–Crippen LogP) is 5.56. The second-order valence-corrected chi connectivity index (χ2v) is 21.9. The van der Waals surface area contributed by atoms with E-state index in [2.05, 4.69) is 25.3 Å². The summed E-state index contributed by atoms with van der Waals surface area (Å²) in [7, 11) is -4.14. The number of pyridine rings is 2. The number of benzene rings is 1. The summed E-state index contributed by atoms with van der Waals surface area (Å²) < 4.78 is 102. The molecule has 356 valence electrons. The number of carbonyl (C=O) groups is 4. The van der Waals surface area contributed by atoms with Crippen LogP contribution in [0.1, 0.15) is 84.8 Å². The lowest BCUT2D eigenvalue weighted by Crippen LogP contribution is -2.59. The van der Waals surface area contributed by atoms with E-state index < -0.39 is 109 Å². The highest BCUT2D eigenvalue weighted by atomic mass is 32.2. The van der Waals surface area contributed by atoms with Crippen LogP contribution in [0.15, 0.2) is 54.9 Å². The Bertz CT molecular complexity index is 2540. The number of ether oxygens (including phenoxy) is 5. The number of sulfonamides is 1. The fourth-order valence-electron chi connectivity index (χ4n) is 8.14. The van der Waals surface area contributed by atoms with Crippen LogP contribution < -0.4 is 34.3 Å². The molecule has 0 radical (unpaired) electrons. The van der Waals surface area contributed by atoms with E-state index in [0.717, 1.165) is 16.7 Å². The zero-order chi connectivity index (χ0) is 47.3. The van der Waals surface area contributed by atoms with Crippen LogP contribution in [0, 0.1) is 0 Å². The molecule has 1 aromatic carbocycles. The maximum atomic E-state index is 14.9. The Balaban J connectivity index is 1.12. The van der Waals surface area contributed by atoms with Gasteiger partial charge in [-0.15, -0.1) is 11.8 Å². The first-order valence-corrected chi connectivity index (χ1v) is 24.0. The van der Waals surface area contributed by atoms with E-state index in [4.69, 9.17) is 23.7 Å². The maximum absolute atomic E-state index is 14.9. The number of fused-ring (bicyclic) bond motifs is 5. The van der Waals surface area contributed by atoms with Gasteiger partial charge in [-0.3, -0.25) is 19.4 Å². The zero-order valence-corrected chi connectivity index (χ0v) is 38.3. The molecule has 0 unspecified atom stereocenters. The van der Waals surface area contributed by atoms with E-state index in [9.17, 15) is 40.8 Å². The summed E-state index contributed by atoms with van der Waals surface area (Å²) in [5, 5.41) is 4.81. The van der Waals surface area contributed by atoms with Crippen LogP contribution in [0.4, 0.5) is 18.0 Å². The molecular weight excluding hydrogens is 910 g/mol. The Morgan fingerprint density at radius 1 is 1.02 bits per heavy atom. The van der Waals surface area contributed by atoms with Gasteiger partial charge in [0.05, 0.1) is 22.1 Å². The number of rotatable bonds is 9. The van der Waals surface area contributed by atoms with E-state index >= 15 is 0 Å². The maximum Gasteiger partial charge on any atom is 0.437 e. The molecule has 2 saturated heterocycles. The second kappa shape index (κ2) is 17.6. The molecule has 8 rings (SSSR count). The quantitative estimate of drug-likeness (QED) is 0.136. The topological polar surface area (TPSA) is 214 Å². The highest BCUT2D eigenvalue weighted by Crippen LogP contribution is 2.55. The van der Waals surface area contributed by atoms with Gasteiger partial charge in [0.25, 0.3) is 5.91 Å². The Morgan fingerprint density at radius 2 is 1.74 bits per heavy atom. The summed E-state index contributed by atoms with van der Waals surface area (Å²) in [4.78, 5) is 63.9. The molecule has 3 aromatic rings. The number of aromatic nitrogens is 2. The summed E-state index contributed by atoms with van der Waals surface area (Å²) in [5.41, 5.74) is -4.21. The van der Waals surface area contributed by atoms with E-state index in [0.29, 0.717) is 44.3 Å². The number of alkyl halides is 3. The Morgan fingerprint density at radius 3 is 2.44 bits per heavy atom. The van der Waals surface area contributed by atoms with E-state index in [-0.39, 0.29) is 42.0 Å². The standard InChI is InChI=1S/C44H51F3N6O11S2/c1-40(2,3)64-39(57)50-30-10-8-6-5-7-9-11-32-43(65-32,38(56)52-66(58,59)41(4)16-17-41)51-36(54)31-23-42(24-53(31)37(30)55)25-62-33-28-22-27(61-21-20-60-26-14-18-48-19-15-26)12-13-29(28)49-35(34(33)63-42)44(45,46)47/h9,11-15,18-19,22,30-32H,5-8,10,16-17,20-21,23-25H2,1-4H3,(H,50,57)(H,51,54)(H,52,56)/b11-9-/t30-,31-,32-,42+,43-/m0/s1. The van der Waals surface area contributed by atoms with Gasteiger partial charge in [0, 0.05) is 24.2 Å². The molecule has 3 N–H and O–H groups in total. The minimum absolute atomic E-state index is 0.0717. The molecule has 4 aliphatic heterocycles. The van der Waals surface area contributed by atoms with E-state index in [1.807, 2.05) is 6.08 Å². The average molecular weight is 961 g/mol. The lowest BCUT2D eigenvalue weighted by Gasteiger charge is -2.36. The van der Waals surface area contributed by atoms with Crippen molar-refractivity contribution in [2.75, 3.05) is 26.4 Å². The van der Waals surface area contributed by atoms with Gasteiger partial charge >= 0.3 is 12.3 Å². The van der Waals surface area contributed by atoms with Crippen molar-refractivity contribution in [1.29, 1.82) is 0 Å². The third-order valence-corrected chi connectivity index (χ3v) is 15.6. The highest BCUT2D eigenvalue weighted by molar-refractivity contribution is 8.10. The number of hydrogen-bond acceptors (Lipinski definition) is 14. The van der Waals surface area contributed by atoms with Gasteiger partial charge in [0.1, 0.15) is 49.0 Å². The zero-order valence-electron chi connectivity index (χ0n) is 36.7. The van der Waals surface area contributed by atoms with Crippen LogP contribution in [0.25, 0.3) is 10.9 Å². The number of nitrogens with one attached hydrogen (secondary N) is 3. The lowest BCUT2D eigenvalue weighted by atomic mass is 9.98. The Kier molecular flexibility index (Phi) is 12.5. The van der Waals surface area contributed by atoms with Crippen LogP contribution in [-0.2, 0) is 35.3 Å². The van der Waals surface area contributed by atoms with Gasteiger partial charge in [-0.25, -0.2) is 22.9 Å². The highest BCUT2D eigenvalue weighted by Gasteiger charge is 2.65. The summed E-state index contributed by atoms with van der Waals surface area (Å²) >= 11 is 1.00. The number of hydrogen-bond donors (Lipinski definition) is 3. The first-order valence-electron chi connectivity index (χ1n) is 21.7. The fourth-order valence-corrected chi connectivity index (χ4v) is 10.6. The Labute approximate surface area is 383 Å². The van der Waals surface area contributed by atoms with E-state index in [1.54, 1.807) is 51.4 Å². The summed E-state index contributed by atoms with van der Waals surface area (Å²) in [5.74, 6) is -2.86. The summed E-state index contributed by atoms with van der Waals surface area (Å²) in [6, 6.07) is 4.85. The molecule has 4 amide bonds. The molecule has 1 saturated carbocycles. The number of amides is 4. The molecule has 5 atom stereocenters. The third kappa shape index (κ3) is 9.94. The number of alkyl carbamates (subject to hydrolysis) is 1. The van der Waals surface area contributed by atoms with Crippen molar-refractivity contribution in [2.45, 2.75) is 123 Å². The van der Waals surface area contributed by atoms with E-state index in [1.165, 1.54) is 25.1 Å². The van der Waals surface area contributed by atoms with Gasteiger partial charge in [0.2, 0.25) is 21.8 Å². The summed E-state index contributed by atoms with van der Waals surface area (Å²) in [6.45, 7) is 5.74. The molecule has 17 nitrogen and oxygen atoms in total. The van der Waals surface area contributed by atoms with Crippen molar-refractivity contribution in [2.24, 2.45) is 0 Å². The number of halogens is 3. The minimum Gasteiger partial charge on any atom is -0.490 e. The molecule has 22 heteroatoms. The molecule has 66 heavy (non-hydrogen) atoms. The predicted molar refractivity (Wildman–Crippen MR) is 233 cm³/mol. The summed E-state index contributed by atoms with van der Waals surface area (Å²) in [6.07, 6.45) is 3.43. The van der Waals surface area contributed by atoms with Crippen LogP contribution >= 0.6 is 11.8 Å². The van der Waals surface area contributed by atoms with Crippen molar-refractivity contribution in [1.82, 2.24) is 30.2 Å². The molecule has 1 aliphatic carbocycles. The SMILES string of the molecule is CC(C)(C)OC(=O)N[C@H]1CCCCC/C=C\[C@@H]2S[C@@]2(C(=O)NS(=O)(=O)C2(C)CC2)NC(=O)[C@@H]2C[C@]3(COc4c(c(C(F)(F)F)nc5ccc(OCCOc6ccncc6)cc45)O3)CN2C1=O. The van der Waals surface area contributed by atoms with Gasteiger partial charge < -0.3 is 39.2 Å². The average Bonchev–Trinajstić information content (AvgIpc) is 4.14. The van der Waals surface area contributed by atoms with Crippen LogP contribution in [0.2, 0.25) is 0 Å². The normalized spacial score (nSPS) is 26.7. The molecule has 5 aliphatic rings. The fraction of sp³-hybridized carbons (Fsp3) is 0.545. The Hall–Kier alpha value is -5.51. The smallest absolute Gasteiger partial charge is 0.437 e. The second-order valence-electron chi connectivity index (χ2n) is 18.3. The first kappa shape index (κ1) is 47.0. The minimum atomic E-state index is -5.05. The van der Waals surface area contributed by atoms with Crippen molar-refractivity contribution >= 4 is 56.5 Å². The van der Waals surface area contributed by atoms with Gasteiger partial charge in [0.15, 0.2) is 27.7 Å². The number of carbonyl (C=O) groups excluding carboxylic acids is 4. The molecule has 2 aromatic heterocycles. The van der Waals surface area contributed by atoms with Crippen molar-refractivity contribution in [3.63, 3.8) is 0 Å². The number of allylic oxidation sites excluding steroid dienone is 1. The molecular formula is C44H51F3N6O11S2. The van der Waals surface area contributed by atoms with Gasteiger partial charge in [-0.2, -0.15) is 13.2 Å². The monoisotopic (exact) mass is 960 g/mol. The molecule has 6 heterocycles. The number of nitrogens with zero attached hydrogens (tertiary/aromatic N) is 3. The number of thioether (sulfide) groups is 1. The van der Waals surface area contributed by atoms with Crippen molar-refractivity contribution < 1.29 is 64.5 Å². The van der Waals surface area contributed by atoms with Crippen LogP contribution in [-0.4, -0.2) is 112 Å². The van der Waals surface area contributed by atoms with Crippen LogP contribution in [0.3, 0.4) is 0 Å². The van der Waals surface area contributed by atoms with Crippen molar-refractivity contribution in [3.05, 3.63) is 60.6 Å². The first-order chi connectivity index (χ1) is 31.1. The molecule has 3 fully saturated rings. The van der Waals surface area contributed by atoms with Gasteiger partial charge in [-0.1, -0.05) is 25.0 Å². The molecule has 0 bridgehead atoms. The van der Waals surface area contributed by atoms with Crippen molar-refractivity contribution in [3.8, 4) is 23.0 Å². The third-order valence-electron chi connectivity index (χ3n) is 12.0.